The zero-order chi connectivity index (χ0) is 18.5. The van der Waals surface area contributed by atoms with Gasteiger partial charge in [-0.2, -0.15) is 0 Å². The summed E-state index contributed by atoms with van der Waals surface area (Å²) in [5.41, 5.74) is 3.05. The standard InChI is InChI=1S/C18H18ClN5OS/c1-12-2-4-13(5-3-12)10-21-16(25)11-26-18-23-22-17(24(18)20)14-6-8-15(19)9-7-14/h2-9H,10-11,20H2,1H3,(H,21,25). The number of aromatic nitrogens is 3. The molecular weight excluding hydrogens is 370 g/mol. The van der Waals surface area contributed by atoms with E-state index in [0.29, 0.717) is 22.5 Å². The van der Waals surface area contributed by atoms with E-state index in [1.807, 2.05) is 43.3 Å². The van der Waals surface area contributed by atoms with E-state index in [-0.39, 0.29) is 11.7 Å². The van der Waals surface area contributed by atoms with Crippen LogP contribution in [0.5, 0.6) is 0 Å². The van der Waals surface area contributed by atoms with Crippen LogP contribution in [0.25, 0.3) is 11.4 Å². The Morgan fingerprint density at radius 2 is 1.85 bits per heavy atom. The summed E-state index contributed by atoms with van der Waals surface area (Å²) < 4.78 is 1.38. The van der Waals surface area contributed by atoms with E-state index in [9.17, 15) is 4.79 Å². The molecule has 0 unspecified atom stereocenters. The summed E-state index contributed by atoms with van der Waals surface area (Å²) in [5, 5.41) is 12.1. The SMILES string of the molecule is Cc1ccc(CNC(=O)CSc2nnc(-c3ccc(Cl)cc3)n2N)cc1. The van der Waals surface area contributed by atoms with Gasteiger partial charge in [-0.15, -0.1) is 10.2 Å². The van der Waals surface area contributed by atoms with Crippen molar-refractivity contribution in [2.45, 2.75) is 18.6 Å². The van der Waals surface area contributed by atoms with Gasteiger partial charge in [0, 0.05) is 17.1 Å². The number of nitrogens with two attached hydrogens (primary N) is 1. The molecule has 1 amide bonds. The summed E-state index contributed by atoms with van der Waals surface area (Å²) in [6, 6.07) is 15.2. The minimum atomic E-state index is -0.0911. The van der Waals surface area contributed by atoms with Gasteiger partial charge in [0.05, 0.1) is 5.75 Å². The quantitative estimate of drug-likeness (QED) is 0.501. The number of thioether (sulfide) groups is 1. The van der Waals surface area contributed by atoms with Crippen molar-refractivity contribution in [3.8, 4) is 11.4 Å². The number of carbonyl (C=O) groups excluding carboxylic acids is 1. The van der Waals surface area contributed by atoms with Crippen LogP contribution in [0.15, 0.2) is 53.7 Å². The molecule has 0 spiro atoms. The highest BCUT2D eigenvalue weighted by molar-refractivity contribution is 7.99. The second-order valence-corrected chi connectivity index (χ2v) is 7.11. The summed E-state index contributed by atoms with van der Waals surface area (Å²) in [6.45, 7) is 2.52. The van der Waals surface area contributed by atoms with E-state index < -0.39 is 0 Å². The Bertz CT molecular complexity index is 893. The first-order valence-electron chi connectivity index (χ1n) is 7.94. The van der Waals surface area contributed by atoms with E-state index in [2.05, 4.69) is 15.5 Å². The van der Waals surface area contributed by atoms with E-state index in [0.717, 1.165) is 11.1 Å². The largest absolute Gasteiger partial charge is 0.351 e. The second-order valence-electron chi connectivity index (χ2n) is 5.73. The van der Waals surface area contributed by atoms with Crippen molar-refractivity contribution in [2.24, 2.45) is 0 Å². The van der Waals surface area contributed by atoms with Gasteiger partial charge in [0.2, 0.25) is 11.1 Å². The van der Waals surface area contributed by atoms with Crippen LogP contribution in [0.2, 0.25) is 5.02 Å². The van der Waals surface area contributed by atoms with Crippen LogP contribution in [0.1, 0.15) is 11.1 Å². The average molecular weight is 388 g/mol. The highest BCUT2D eigenvalue weighted by Crippen LogP contribution is 2.22. The second kappa shape index (κ2) is 8.25. The maximum absolute atomic E-state index is 12.0. The van der Waals surface area contributed by atoms with Gasteiger partial charge in [0.25, 0.3) is 0 Å². The van der Waals surface area contributed by atoms with Gasteiger partial charge in [-0.3, -0.25) is 4.79 Å². The fourth-order valence-corrected chi connectivity index (χ4v) is 3.07. The van der Waals surface area contributed by atoms with Gasteiger partial charge in [-0.05, 0) is 36.8 Å². The molecule has 1 aromatic heterocycles. The Labute approximate surface area is 160 Å². The maximum atomic E-state index is 12.0. The third kappa shape index (κ3) is 4.56. The predicted octanol–water partition coefficient (Wildman–Crippen LogP) is 3.03. The van der Waals surface area contributed by atoms with Gasteiger partial charge in [0.15, 0.2) is 5.82 Å². The van der Waals surface area contributed by atoms with Gasteiger partial charge >= 0.3 is 0 Å². The third-order valence-electron chi connectivity index (χ3n) is 3.71. The van der Waals surface area contributed by atoms with Crippen LogP contribution in [0.4, 0.5) is 0 Å². The molecule has 1 heterocycles. The zero-order valence-electron chi connectivity index (χ0n) is 14.1. The topological polar surface area (TPSA) is 85.8 Å². The van der Waals surface area contributed by atoms with Crippen LogP contribution < -0.4 is 11.2 Å². The Hall–Kier alpha value is -2.51. The average Bonchev–Trinajstić information content (AvgIpc) is 3.01. The van der Waals surface area contributed by atoms with Crippen LogP contribution in [0.3, 0.4) is 0 Å². The zero-order valence-corrected chi connectivity index (χ0v) is 15.7. The highest BCUT2D eigenvalue weighted by Gasteiger charge is 2.13. The lowest BCUT2D eigenvalue weighted by Crippen LogP contribution is -2.25. The molecule has 3 aromatic rings. The molecule has 0 aliphatic rings. The Morgan fingerprint density at radius 1 is 1.15 bits per heavy atom. The normalized spacial score (nSPS) is 10.7. The molecule has 0 saturated carbocycles. The molecule has 3 N–H and O–H groups in total. The fourth-order valence-electron chi connectivity index (χ4n) is 2.26. The first-order chi connectivity index (χ1) is 12.5. The van der Waals surface area contributed by atoms with Crippen molar-refractivity contribution in [2.75, 3.05) is 11.6 Å². The molecule has 0 fully saturated rings. The molecule has 134 valence electrons. The molecule has 0 aliphatic heterocycles. The number of hydrogen-bond donors (Lipinski definition) is 2. The van der Waals surface area contributed by atoms with E-state index >= 15 is 0 Å². The Balaban J connectivity index is 1.55. The summed E-state index contributed by atoms with van der Waals surface area (Å²) in [6.07, 6.45) is 0. The molecule has 0 saturated heterocycles. The monoisotopic (exact) mass is 387 g/mol. The van der Waals surface area contributed by atoms with Crippen LogP contribution in [0, 0.1) is 6.92 Å². The maximum Gasteiger partial charge on any atom is 0.230 e. The lowest BCUT2D eigenvalue weighted by molar-refractivity contribution is -0.118. The van der Waals surface area contributed by atoms with E-state index in [1.54, 1.807) is 12.1 Å². The Morgan fingerprint density at radius 3 is 2.54 bits per heavy atom. The molecule has 0 atom stereocenters. The predicted molar refractivity (Wildman–Crippen MR) is 104 cm³/mol. The molecule has 6 nitrogen and oxygen atoms in total. The van der Waals surface area contributed by atoms with Crippen molar-refractivity contribution < 1.29 is 4.79 Å². The number of carbonyl (C=O) groups is 1. The summed E-state index contributed by atoms with van der Waals surface area (Å²) in [5.74, 6) is 6.68. The lowest BCUT2D eigenvalue weighted by atomic mass is 10.1. The van der Waals surface area contributed by atoms with Crippen LogP contribution in [-0.4, -0.2) is 26.5 Å². The minimum Gasteiger partial charge on any atom is -0.351 e. The van der Waals surface area contributed by atoms with E-state index in [4.69, 9.17) is 17.4 Å². The number of nitrogen functional groups attached to an aromatic ring is 1. The van der Waals surface area contributed by atoms with Gasteiger partial charge in [0.1, 0.15) is 0 Å². The first kappa shape index (κ1) is 18.3. The van der Waals surface area contributed by atoms with Crippen LogP contribution in [-0.2, 0) is 11.3 Å². The molecule has 26 heavy (non-hydrogen) atoms. The van der Waals surface area contributed by atoms with E-state index in [1.165, 1.54) is 22.0 Å². The van der Waals surface area contributed by atoms with Gasteiger partial charge in [-0.25, -0.2) is 4.68 Å². The Kier molecular flexibility index (Phi) is 5.80. The minimum absolute atomic E-state index is 0.0911. The van der Waals surface area contributed by atoms with Gasteiger partial charge in [-0.1, -0.05) is 53.2 Å². The van der Waals surface area contributed by atoms with Crippen molar-refractivity contribution in [1.82, 2.24) is 20.2 Å². The molecule has 0 bridgehead atoms. The molecule has 0 aliphatic carbocycles. The summed E-state index contributed by atoms with van der Waals surface area (Å²) in [7, 11) is 0. The lowest BCUT2D eigenvalue weighted by Gasteiger charge is -2.06. The highest BCUT2D eigenvalue weighted by atomic mass is 35.5. The smallest absolute Gasteiger partial charge is 0.230 e. The molecule has 2 aromatic carbocycles. The summed E-state index contributed by atoms with van der Waals surface area (Å²) in [4.78, 5) is 12.0. The number of amides is 1. The van der Waals surface area contributed by atoms with Gasteiger partial charge < -0.3 is 11.2 Å². The number of hydrogen-bond acceptors (Lipinski definition) is 5. The number of rotatable bonds is 6. The fraction of sp³-hybridized carbons (Fsp3) is 0.167. The molecule has 8 heteroatoms. The van der Waals surface area contributed by atoms with Crippen LogP contribution >= 0.6 is 23.4 Å². The van der Waals surface area contributed by atoms with Crippen molar-refractivity contribution in [3.05, 3.63) is 64.7 Å². The number of nitrogens with one attached hydrogen (secondary N) is 1. The first-order valence-corrected chi connectivity index (χ1v) is 9.31. The molecule has 0 radical (unpaired) electrons. The number of aryl methyl sites for hydroxylation is 1. The van der Waals surface area contributed by atoms with Crippen molar-refractivity contribution >= 4 is 29.3 Å². The molecular formula is C18H18ClN5OS. The third-order valence-corrected chi connectivity index (χ3v) is 4.90. The summed E-state index contributed by atoms with van der Waals surface area (Å²) >= 11 is 7.13. The number of halogens is 1. The molecule has 3 rings (SSSR count). The number of nitrogens with zero attached hydrogens (tertiary/aromatic N) is 3. The van der Waals surface area contributed by atoms with Crippen molar-refractivity contribution in [3.63, 3.8) is 0 Å². The number of benzene rings is 2. The van der Waals surface area contributed by atoms with Crippen molar-refractivity contribution in [1.29, 1.82) is 0 Å².